The molecule has 3 rings (SSSR count). The summed E-state index contributed by atoms with van der Waals surface area (Å²) >= 11 is 0. The minimum Gasteiger partial charge on any atom is -0.364 e. The van der Waals surface area contributed by atoms with Crippen molar-refractivity contribution >= 4 is 5.69 Å². The molecule has 1 aliphatic heterocycles. The lowest BCUT2D eigenvalue weighted by Gasteiger charge is -2.29. The van der Waals surface area contributed by atoms with E-state index in [9.17, 15) is 4.79 Å². The van der Waals surface area contributed by atoms with Gasteiger partial charge in [-0.1, -0.05) is 13.8 Å². The average Bonchev–Trinajstić information content (AvgIpc) is 2.64. The molecule has 0 aromatic carbocycles. The number of hydrogen-bond acceptors (Lipinski definition) is 4. The Balaban J connectivity index is 2.36. The zero-order valence-electron chi connectivity index (χ0n) is 11.6. The SMILES string of the molecule is CC(C)c1ccnc2c1N(C)Cc1nn(C)c(=O)n1-2. The molecule has 1 aliphatic rings. The van der Waals surface area contributed by atoms with Crippen LogP contribution >= 0.6 is 0 Å². The van der Waals surface area contributed by atoms with Crippen molar-refractivity contribution in [2.45, 2.75) is 26.3 Å². The van der Waals surface area contributed by atoms with Crippen molar-refractivity contribution in [1.29, 1.82) is 0 Å². The van der Waals surface area contributed by atoms with E-state index in [-0.39, 0.29) is 5.69 Å². The van der Waals surface area contributed by atoms with Gasteiger partial charge in [0.2, 0.25) is 0 Å². The molecule has 0 saturated carbocycles. The largest absolute Gasteiger partial charge is 0.364 e. The Morgan fingerprint density at radius 3 is 2.74 bits per heavy atom. The van der Waals surface area contributed by atoms with Crippen molar-refractivity contribution in [2.75, 3.05) is 11.9 Å². The van der Waals surface area contributed by atoms with Crippen LogP contribution in [-0.2, 0) is 13.6 Å². The van der Waals surface area contributed by atoms with Crippen LogP contribution in [0.5, 0.6) is 0 Å². The first kappa shape index (κ1) is 12.0. The molecule has 0 radical (unpaired) electrons. The highest BCUT2D eigenvalue weighted by molar-refractivity contribution is 5.66. The Morgan fingerprint density at radius 1 is 1.32 bits per heavy atom. The van der Waals surface area contributed by atoms with Crippen LogP contribution < -0.4 is 10.6 Å². The van der Waals surface area contributed by atoms with E-state index in [0.29, 0.717) is 18.3 Å². The minimum atomic E-state index is -0.141. The quantitative estimate of drug-likeness (QED) is 0.768. The van der Waals surface area contributed by atoms with Crippen molar-refractivity contribution in [1.82, 2.24) is 19.3 Å². The number of anilines is 1. The maximum Gasteiger partial charge on any atom is 0.351 e. The zero-order chi connectivity index (χ0) is 13.7. The predicted octanol–water partition coefficient (Wildman–Crippen LogP) is 1.04. The molecular weight excluding hydrogens is 242 g/mol. The highest BCUT2D eigenvalue weighted by Gasteiger charge is 2.27. The fourth-order valence-corrected chi connectivity index (χ4v) is 2.60. The number of aromatic nitrogens is 4. The molecular formula is C13H17N5O. The van der Waals surface area contributed by atoms with Crippen LogP contribution in [0.2, 0.25) is 0 Å². The van der Waals surface area contributed by atoms with Gasteiger partial charge in [-0.2, -0.15) is 5.10 Å². The number of fused-ring (bicyclic) bond motifs is 3. The summed E-state index contributed by atoms with van der Waals surface area (Å²) in [5, 5.41) is 4.26. The first-order valence-corrected chi connectivity index (χ1v) is 6.36. The Labute approximate surface area is 111 Å². The summed E-state index contributed by atoms with van der Waals surface area (Å²) in [7, 11) is 3.68. The van der Waals surface area contributed by atoms with Crippen LogP contribution in [0.3, 0.4) is 0 Å². The van der Waals surface area contributed by atoms with Gasteiger partial charge in [0.15, 0.2) is 11.6 Å². The second-order valence-corrected chi connectivity index (χ2v) is 5.24. The van der Waals surface area contributed by atoms with Gasteiger partial charge < -0.3 is 4.90 Å². The molecule has 0 fully saturated rings. The molecule has 2 aromatic heterocycles. The van der Waals surface area contributed by atoms with Crippen molar-refractivity contribution in [3.05, 3.63) is 34.1 Å². The predicted molar refractivity (Wildman–Crippen MR) is 72.8 cm³/mol. The summed E-state index contributed by atoms with van der Waals surface area (Å²) in [6.07, 6.45) is 1.76. The molecule has 0 saturated heterocycles. The van der Waals surface area contributed by atoms with Crippen LogP contribution in [0.1, 0.15) is 31.2 Å². The summed E-state index contributed by atoms with van der Waals surface area (Å²) in [5.41, 5.74) is 2.09. The Kier molecular flexibility index (Phi) is 2.48. The second-order valence-electron chi connectivity index (χ2n) is 5.24. The monoisotopic (exact) mass is 259 g/mol. The molecule has 0 unspecified atom stereocenters. The highest BCUT2D eigenvalue weighted by atomic mass is 16.2. The molecule has 0 amide bonds. The molecule has 100 valence electrons. The standard InChI is InChI=1S/C13H17N5O/c1-8(2)9-5-6-14-12-11(9)16(3)7-10-15-17(4)13(19)18(10)12/h5-6,8H,7H2,1-4H3. The average molecular weight is 259 g/mol. The van der Waals surface area contributed by atoms with Crippen LogP contribution in [0.25, 0.3) is 5.82 Å². The molecule has 0 aliphatic carbocycles. The van der Waals surface area contributed by atoms with Crippen LogP contribution in [0, 0.1) is 0 Å². The van der Waals surface area contributed by atoms with Gasteiger partial charge >= 0.3 is 5.69 Å². The van der Waals surface area contributed by atoms with Gasteiger partial charge in [-0.15, -0.1) is 0 Å². The van der Waals surface area contributed by atoms with Crippen molar-refractivity contribution in [3.63, 3.8) is 0 Å². The third kappa shape index (κ3) is 1.59. The van der Waals surface area contributed by atoms with E-state index in [1.807, 2.05) is 13.1 Å². The zero-order valence-corrected chi connectivity index (χ0v) is 11.6. The highest BCUT2D eigenvalue weighted by Crippen LogP contribution is 2.34. The van der Waals surface area contributed by atoms with Crippen LogP contribution in [0.15, 0.2) is 17.1 Å². The molecule has 0 spiro atoms. The topological polar surface area (TPSA) is 56.0 Å². The molecule has 3 heterocycles. The fraction of sp³-hybridized carbons (Fsp3) is 0.462. The van der Waals surface area contributed by atoms with Gasteiger partial charge in [0.25, 0.3) is 0 Å². The van der Waals surface area contributed by atoms with E-state index in [4.69, 9.17) is 0 Å². The van der Waals surface area contributed by atoms with Gasteiger partial charge in [0.05, 0.1) is 12.2 Å². The normalized spacial score (nSPS) is 13.6. The molecule has 6 heteroatoms. The smallest absolute Gasteiger partial charge is 0.351 e. The number of hydrogen-bond donors (Lipinski definition) is 0. The van der Waals surface area contributed by atoms with E-state index in [0.717, 1.165) is 11.5 Å². The molecule has 19 heavy (non-hydrogen) atoms. The summed E-state index contributed by atoms with van der Waals surface area (Å²) in [6, 6.07) is 2.02. The first-order valence-electron chi connectivity index (χ1n) is 6.36. The van der Waals surface area contributed by atoms with E-state index in [1.165, 1.54) is 10.2 Å². The molecule has 0 N–H and O–H groups in total. The van der Waals surface area contributed by atoms with Gasteiger partial charge in [0.1, 0.15) is 0 Å². The lowest BCUT2D eigenvalue weighted by atomic mass is 10.0. The van der Waals surface area contributed by atoms with E-state index in [2.05, 4.69) is 28.8 Å². The van der Waals surface area contributed by atoms with Gasteiger partial charge in [-0.25, -0.2) is 19.0 Å². The van der Waals surface area contributed by atoms with Crippen LogP contribution in [0.4, 0.5) is 5.69 Å². The van der Waals surface area contributed by atoms with Crippen molar-refractivity contribution in [3.8, 4) is 5.82 Å². The third-order valence-corrected chi connectivity index (χ3v) is 3.52. The second kappa shape index (κ2) is 3.94. The maximum atomic E-state index is 12.2. The Bertz CT molecular complexity index is 698. The maximum absolute atomic E-state index is 12.2. The summed E-state index contributed by atoms with van der Waals surface area (Å²) < 4.78 is 2.98. The molecule has 0 bridgehead atoms. The summed E-state index contributed by atoms with van der Waals surface area (Å²) in [5.74, 6) is 1.80. The van der Waals surface area contributed by atoms with E-state index < -0.39 is 0 Å². The molecule has 2 aromatic rings. The molecule has 6 nitrogen and oxygen atoms in total. The summed E-state index contributed by atoms with van der Waals surface area (Å²) in [4.78, 5) is 18.7. The third-order valence-electron chi connectivity index (χ3n) is 3.52. The van der Waals surface area contributed by atoms with Gasteiger partial charge in [0, 0.05) is 20.3 Å². The minimum absolute atomic E-state index is 0.141. The van der Waals surface area contributed by atoms with Crippen molar-refractivity contribution in [2.24, 2.45) is 7.05 Å². The fourth-order valence-electron chi connectivity index (χ4n) is 2.60. The number of rotatable bonds is 1. The number of pyridine rings is 1. The van der Waals surface area contributed by atoms with Gasteiger partial charge in [-0.3, -0.25) is 0 Å². The molecule has 0 atom stereocenters. The van der Waals surface area contributed by atoms with Crippen molar-refractivity contribution < 1.29 is 0 Å². The Hall–Kier alpha value is -2.11. The van der Waals surface area contributed by atoms with E-state index in [1.54, 1.807) is 17.8 Å². The van der Waals surface area contributed by atoms with Gasteiger partial charge in [-0.05, 0) is 17.5 Å². The number of aryl methyl sites for hydroxylation is 1. The van der Waals surface area contributed by atoms with Crippen LogP contribution in [-0.4, -0.2) is 26.4 Å². The lowest BCUT2D eigenvalue weighted by molar-refractivity contribution is 0.712. The Morgan fingerprint density at radius 2 is 2.05 bits per heavy atom. The number of nitrogens with zero attached hydrogens (tertiary/aromatic N) is 5. The first-order chi connectivity index (χ1) is 9.00. The lowest BCUT2D eigenvalue weighted by Crippen LogP contribution is -2.32. The summed E-state index contributed by atoms with van der Waals surface area (Å²) in [6.45, 7) is 4.91. The van der Waals surface area contributed by atoms with E-state index >= 15 is 0 Å².